The zero-order valence-electron chi connectivity index (χ0n) is 11.1. The molecule has 0 saturated heterocycles. The highest BCUT2D eigenvalue weighted by atomic mass is 79.9. The molecule has 0 aliphatic heterocycles. The van der Waals surface area contributed by atoms with E-state index in [1.807, 2.05) is 6.07 Å². The van der Waals surface area contributed by atoms with Gasteiger partial charge in [0, 0.05) is 16.1 Å². The molecule has 2 nitrogen and oxygen atoms in total. The fraction of sp³-hybridized carbons (Fsp3) is 0.571. The van der Waals surface area contributed by atoms with Crippen LogP contribution in [0, 0.1) is 5.92 Å². The lowest BCUT2D eigenvalue weighted by molar-refractivity contribution is 0.370. The van der Waals surface area contributed by atoms with Crippen LogP contribution in [0.5, 0.6) is 5.75 Å². The van der Waals surface area contributed by atoms with Crippen LogP contribution in [0.4, 0.5) is 0 Å². The van der Waals surface area contributed by atoms with Gasteiger partial charge < -0.3 is 10.1 Å². The summed E-state index contributed by atoms with van der Waals surface area (Å²) in [6, 6.07) is 6.58. The summed E-state index contributed by atoms with van der Waals surface area (Å²) in [6.07, 6.45) is 1.14. The van der Waals surface area contributed by atoms with Gasteiger partial charge in [0.25, 0.3) is 0 Å². The molecule has 1 atom stereocenters. The van der Waals surface area contributed by atoms with E-state index < -0.39 is 0 Å². The second-order valence-electron chi connectivity index (χ2n) is 4.56. The van der Waals surface area contributed by atoms with Crippen LogP contribution in [-0.2, 0) is 0 Å². The highest BCUT2D eigenvalue weighted by molar-refractivity contribution is 9.10. The van der Waals surface area contributed by atoms with Crippen LogP contribution in [0.25, 0.3) is 0 Å². The van der Waals surface area contributed by atoms with E-state index in [9.17, 15) is 0 Å². The van der Waals surface area contributed by atoms with E-state index in [2.05, 4.69) is 54.2 Å². The number of rotatable bonds is 6. The summed E-state index contributed by atoms with van der Waals surface area (Å²) in [4.78, 5) is 0. The van der Waals surface area contributed by atoms with E-state index in [1.54, 1.807) is 7.11 Å². The van der Waals surface area contributed by atoms with Crippen LogP contribution < -0.4 is 10.1 Å². The van der Waals surface area contributed by atoms with Gasteiger partial charge in [0.05, 0.1) is 7.11 Å². The number of benzene rings is 1. The fourth-order valence-corrected chi connectivity index (χ4v) is 2.29. The smallest absolute Gasteiger partial charge is 0.124 e. The van der Waals surface area contributed by atoms with Gasteiger partial charge in [0.1, 0.15) is 5.75 Å². The Morgan fingerprint density at radius 2 is 2.06 bits per heavy atom. The van der Waals surface area contributed by atoms with Gasteiger partial charge in [-0.25, -0.2) is 0 Å². The minimum atomic E-state index is 0.345. The van der Waals surface area contributed by atoms with Crippen LogP contribution in [0.1, 0.15) is 38.8 Å². The van der Waals surface area contributed by atoms with Crippen LogP contribution in [0.15, 0.2) is 22.7 Å². The molecule has 0 heterocycles. The van der Waals surface area contributed by atoms with Crippen molar-refractivity contribution in [1.82, 2.24) is 5.32 Å². The van der Waals surface area contributed by atoms with Gasteiger partial charge in [-0.05, 0) is 31.0 Å². The molecule has 1 aromatic rings. The highest BCUT2D eigenvalue weighted by Gasteiger charge is 2.18. The molecule has 3 heteroatoms. The van der Waals surface area contributed by atoms with Crippen molar-refractivity contribution >= 4 is 15.9 Å². The summed E-state index contributed by atoms with van der Waals surface area (Å²) >= 11 is 3.48. The molecule has 0 fully saturated rings. The van der Waals surface area contributed by atoms with E-state index in [0.29, 0.717) is 12.0 Å². The molecule has 1 unspecified atom stereocenters. The molecular formula is C14H22BrNO. The van der Waals surface area contributed by atoms with Gasteiger partial charge in [-0.3, -0.25) is 0 Å². The summed E-state index contributed by atoms with van der Waals surface area (Å²) < 4.78 is 6.52. The van der Waals surface area contributed by atoms with Crippen molar-refractivity contribution in [3.8, 4) is 5.75 Å². The molecule has 1 N–H and O–H groups in total. The first-order valence-electron chi connectivity index (χ1n) is 6.17. The monoisotopic (exact) mass is 299 g/mol. The lowest BCUT2D eigenvalue weighted by Gasteiger charge is -2.24. The molecule has 0 aliphatic rings. The largest absolute Gasteiger partial charge is 0.496 e. The van der Waals surface area contributed by atoms with Crippen molar-refractivity contribution in [3.63, 3.8) is 0 Å². The van der Waals surface area contributed by atoms with Crippen LogP contribution >= 0.6 is 15.9 Å². The average Bonchev–Trinajstić information content (AvgIpc) is 2.30. The normalized spacial score (nSPS) is 12.8. The third kappa shape index (κ3) is 4.00. The Kier molecular flexibility index (Phi) is 6.00. The number of hydrogen-bond acceptors (Lipinski definition) is 2. The van der Waals surface area contributed by atoms with Gasteiger partial charge in [-0.15, -0.1) is 0 Å². The van der Waals surface area contributed by atoms with Crippen molar-refractivity contribution in [1.29, 1.82) is 0 Å². The van der Waals surface area contributed by atoms with Crippen molar-refractivity contribution in [2.24, 2.45) is 5.92 Å². The van der Waals surface area contributed by atoms with Gasteiger partial charge in [-0.1, -0.05) is 42.8 Å². The van der Waals surface area contributed by atoms with E-state index >= 15 is 0 Å². The maximum Gasteiger partial charge on any atom is 0.124 e. The average molecular weight is 300 g/mol. The highest BCUT2D eigenvalue weighted by Crippen LogP contribution is 2.32. The third-order valence-corrected chi connectivity index (χ3v) is 3.30. The van der Waals surface area contributed by atoms with Crippen molar-refractivity contribution in [2.75, 3.05) is 13.7 Å². The Labute approximate surface area is 113 Å². The summed E-state index contributed by atoms with van der Waals surface area (Å²) in [5.41, 5.74) is 1.24. The first-order chi connectivity index (χ1) is 8.10. The van der Waals surface area contributed by atoms with Crippen LogP contribution in [0.2, 0.25) is 0 Å². The maximum atomic E-state index is 5.47. The fourth-order valence-electron chi connectivity index (χ4n) is 1.95. The maximum absolute atomic E-state index is 5.47. The van der Waals surface area contributed by atoms with E-state index in [0.717, 1.165) is 23.2 Å². The Morgan fingerprint density at radius 3 is 2.59 bits per heavy atom. The molecule has 0 bridgehead atoms. The number of methoxy groups -OCH3 is 1. The molecule has 1 aromatic carbocycles. The summed E-state index contributed by atoms with van der Waals surface area (Å²) in [5.74, 6) is 1.48. The first kappa shape index (κ1) is 14.5. The van der Waals surface area contributed by atoms with Crippen molar-refractivity contribution in [3.05, 3.63) is 28.2 Å². The van der Waals surface area contributed by atoms with E-state index in [4.69, 9.17) is 4.74 Å². The second-order valence-corrected chi connectivity index (χ2v) is 5.48. The SMILES string of the molecule is CCCNC(c1ccc(Br)cc1OC)C(C)C. The zero-order valence-corrected chi connectivity index (χ0v) is 12.7. The molecule has 0 amide bonds. The standard InChI is InChI=1S/C14H22BrNO/c1-5-8-16-14(10(2)3)12-7-6-11(15)9-13(12)17-4/h6-7,9-10,14,16H,5,8H2,1-4H3. The van der Waals surface area contributed by atoms with Gasteiger partial charge in [0.2, 0.25) is 0 Å². The molecule has 0 saturated carbocycles. The molecule has 1 rings (SSSR count). The molecule has 96 valence electrons. The predicted molar refractivity (Wildman–Crippen MR) is 76.6 cm³/mol. The summed E-state index contributed by atoms with van der Waals surface area (Å²) in [7, 11) is 1.72. The predicted octanol–water partition coefficient (Wildman–Crippen LogP) is 4.15. The minimum Gasteiger partial charge on any atom is -0.496 e. The molecule has 0 radical (unpaired) electrons. The zero-order chi connectivity index (χ0) is 12.8. The molecule has 0 aliphatic carbocycles. The summed E-state index contributed by atoms with van der Waals surface area (Å²) in [6.45, 7) is 7.68. The van der Waals surface area contributed by atoms with Crippen LogP contribution in [0.3, 0.4) is 0 Å². The molecular weight excluding hydrogens is 278 g/mol. The Morgan fingerprint density at radius 1 is 1.35 bits per heavy atom. The Bertz CT molecular complexity index is 352. The minimum absolute atomic E-state index is 0.345. The van der Waals surface area contributed by atoms with Gasteiger partial charge >= 0.3 is 0 Å². The molecule has 0 aromatic heterocycles. The quantitative estimate of drug-likeness (QED) is 0.852. The third-order valence-electron chi connectivity index (χ3n) is 2.81. The second kappa shape index (κ2) is 7.02. The molecule has 0 spiro atoms. The summed E-state index contributed by atoms with van der Waals surface area (Å²) in [5, 5.41) is 3.58. The Balaban J connectivity index is 3.00. The van der Waals surface area contributed by atoms with Crippen molar-refractivity contribution < 1.29 is 4.74 Å². The number of nitrogens with one attached hydrogen (secondary N) is 1. The number of hydrogen-bond donors (Lipinski definition) is 1. The first-order valence-corrected chi connectivity index (χ1v) is 6.96. The van der Waals surface area contributed by atoms with Crippen LogP contribution in [-0.4, -0.2) is 13.7 Å². The lowest BCUT2D eigenvalue weighted by atomic mass is 9.95. The topological polar surface area (TPSA) is 21.3 Å². The lowest BCUT2D eigenvalue weighted by Crippen LogP contribution is -2.26. The Hall–Kier alpha value is -0.540. The van der Waals surface area contributed by atoms with Gasteiger partial charge in [0.15, 0.2) is 0 Å². The van der Waals surface area contributed by atoms with Gasteiger partial charge in [-0.2, -0.15) is 0 Å². The molecule has 17 heavy (non-hydrogen) atoms. The van der Waals surface area contributed by atoms with E-state index in [1.165, 1.54) is 5.56 Å². The van der Waals surface area contributed by atoms with E-state index in [-0.39, 0.29) is 0 Å². The number of halogens is 1. The number of ether oxygens (including phenoxy) is 1. The van der Waals surface area contributed by atoms with Crippen molar-refractivity contribution in [2.45, 2.75) is 33.2 Å².